The molecule has 0 spiro atoms. The molecule has 0 fully saturated rings. The number of carbonyl (C=O) groups excluding carboxylic acids is 3. The maximum Gasteiger partial charge on any atom is 0.392 e. The van der Waals surface area contributed by atoms with E-state index in [0.717, 1.165) is 19.3 Å². The molecular weight excluding hydrogens is 593 g/mol. The van der Waals surface area contributed by atoms with Gasteiger partial charge in [-0.25, -0.2) is 14.4 Å². The molecule has 0 radical (unpaired) electrons. The number of ether oxygens (including phenoxy) is 4. The molecule has 0 amide bonds. The summed E-state index contributed by atoms with van der Waals surface area (Å²) >= 11 is 0. The standard InChI is InChI=1S/C33H35F3N2O7/c34-33(35,36)16-19-42-28-13-9-24(10-14-28)32(41)45-29-11-6-23(7-12-29)8-15-30(39)43-17-4-2-1-3-5-18-44-31(40)25-20-26(37)22-27(38)21-25/h6-15,20-22H,1-5,16-19,37-38H2/b15-8+. The first-order valence-electron chi connectivity index (χ1n) is 14.3. The SMILES string of the molecule is Nc1cc(N)cc(C(=O)OCCCCCCCOC(=O)/C=C/c2ccc(OC(=O)c3ccc(OCCC(F)(F)F)cc3)cc2)c1. The number of nitrogens with two attached hydrogens (primary N) is 2. The second-order valence-corrected chi connectivity index (χ2v) is 9.99. The van der Waals surface area contributed by atoms with E-state index in [1.54, 1.807) is 36.4 Å². The molecule has 4 N–H and O–H groups in total. The van der Waals surface area contributed by atoms with Crippen molar-refractivity contribution in [1.82, 2.24) is 0 Å². The summed E-state index contributed by atoms with van der Waals surface area (Å²) in [5.74, 6) is -1.11. The van der Waals surface area contributed by atoms with E-state index in [1.165, 1.54) is 42.5 Å². The fourth-order valence-corrected chi connectivity index (χ4v) is 3.95. The van der Waals surface area contributed by atoms with Crippen LogP contribution in [0.3, 0.4) is 0 Å². The lowest BCUT2D eigenvalue weighted by molar-refractivity contribution is -0.140. The molecule has 45 heavy (non-hydrogen) atoms. The number of halogens is 3. The van der Waals surface area contributed by atoms with Gasteiger partial charge in [0.25, 0.3) is 0 Å². The van der Waals surface area contributed by atoms with Crippen molar-refractivity contribution in [2.45, 2.75) is 44.7 Å². The third-order valence-electron chi connectivity index (χ3n) is 6.23. The number of nitrogen functional groups attached to an aromatic ring is 2. The molecule has 3 aromatic rings. The molecule has 0 saturated heterocycles. The molecule has 0 atom stereocenters. The fraction of sp³-hybridized carbons (Fsp3) is 0.303. The zero-order chi connectivity index (χ0) is 32.7. The van der Waals surface area contributed by atoms with E-state index < -0.39 is 37.1 Å². The lowest BCUT2D eigenvalue weighted by atomic mass is 10.1. The number of alkyl halides is 3. The van der Waals surface area contributed by atoms with Crippen molar-refractivity contribution in [2.24, 2.45) is 0 Å². The Morgan fingerprint density at radius 3 is 1.87 bits per heavy atom. The first-order chi connectivity index (χ1) is 21.5. The molecule has 0 aliphatic carbocycles. The Morgan fingerprint density at radius 1 is 0.667 bits per heavy atom. The summed E-state index contributed by atoms with van der Waals surface area (Å²) in [6, 6.07) is 16.6. The van der Waals surface area contributed by atoms with Crippen LogP contribution >= 0.6 is 0 Å². The van der Waals surface area contributed by atoms with Crippen LogP contribution < -0.4 is 20.9 Å². The van der Waals surface area contributed by atoms with Crippen molar-refractivity contribution in [3.8, 4) is 11.5 Å². The minimum Gasteiger partial charge on any atom is -0.493 e. The average Bonchev–Trinajstić information content (AvgIpc) is 2.99. The van der Waals surface area contributed by atoms with E-state index in [0.29, 0.717) is 42.0 Å². The molecule has 240 valence electrons. The maximum absolute atomic E-state index is 12.4. The highest BCUT2D eigenvalue weighted by molar-refractivity contribution is 5.92. The second-order valence-electron chi connectivity index (χ2n) is 9.99. The van der Waals surface area contributed by atoms with E-state index in [9.17, 15) is 27.6 Å². The van der Waals surface area contributed by atoms with E-state index in [1.807, 2.05) is 0 Å². The Hall–Kier alpha value is -5.00. The van der Waals surface area contributed by atoms with Gasteiger partial charge in [-0.3, -0.25) is 0 Å². The van der Waals surface area contributed by atoms with Crippen LogP contribution in [-0.2, 0) is 14.3 Å². The van der Waals surface area contributed by atoms with Crippen molar-refractivity contribution in [2.75, 3.05) is 31.3 Å². The van der Waals surface area contributed by atoms with Crippen molar-refractivity contribution in [1.29, 1.82) is 0 Å². The number of carbonyl (C=O) groups is 3. The largest absolute Gasteiger partial charge is 0.493 e. The Labute approximate surface area is 258 Å². The van der Waals surface area contributed by atoms with Crippen LogP contribution in [0.2, 0.25) is 0 Å². The molecular formula is C33H35F3N2O7. The third kappa shape index (κ3) is 13.5. The summed E-state index contributed by atoms with van der Waals surface area (Å²) in [7, 11) is 0. The fourth-order valence-electron chi connectivity index (χ4n) is 3.95. The highest BCUT2D eigenvalue weighted by atomic mass is 19.4. The van der Waals surface area contributed by atoms with Crippen LogP contribution in [0.1, 0.15) is 64.8 Å². The van der Waals surface area contributed by atoms with Crippen LogP contribution in [0.15, 0.2) is 72.8 Å². The van der Waals surface area contributed by atoms with Crippen LogP contribution in [0.4, 0.5) is 24.5 Å². The number of benzene rings is 3. The minimum atomic E-state index is -4.31. The molecule has 0 heterocycles. The van der Waals surface area contributed by atoms with Crippen LogP contribution in [0, 0.1) is 0 Å². The van der Waals surface area contributed by atoms with Gasteiger partial charge in [-0.1, -0.05) is 31.4 Å². The molecule has 0 bridgehead atoms. The lowest BCUT2D eigenvalue weighted by Gasteiger charge is -2.09. The maximum atomic E-state index is 12.4. The predicted octanol–water partition coefficient (Wildman–Crippen LogP) is 6.77. The monoisotopic (exact) mass is 628 g/mol. The Kier molecular flexibility index (Phi) is 13.3. The van der Waals surface area contributed by atoms with Crippen molar-refractivity contribution in [3.05, 3.63) is 89.5 Å². The van der Waals surface area contributed by atoms with Gasteiger partial charge in [0.1, 0.15) is 11.5 Å². The summed E-state index contributed by atoms with van der Waals surface area (Å²) in [4.78, 5) is 36.4. The molecule has 9 nitrogen and oxygen atoms in total. The summed E-state index contributed by atoms with van der Waals surface area (Å²) in [6.07, 6.45) is 1.54. The van der Waals surface area contributed by atoms with Gasteiger partial charge in [-0.15, -0.1) is 0 Å². The molecule has 3 aromatic carbocycles. The Balaban J connectivity index is 1.26. The third-order valence-corrected chi connectivity index (χ3v) is 6.23. The molecule has 0 aliphatic rings. The van der Waals surface area contributed by atoms with Crippen LogP contribution in [0.5, 0.6) is 11.5 Å². The van der Waals surface area contributed by atoms with Gasteiger partial charge in [0.05, 0.1) is 37.4 Å². The zero-order valence-electron chi connectivity index (χ0n) is 24.5. The number of hydrogen-bond donors (Lipinski definition) is 2. The van der Waals surface area contributed by atoms with Crippen molar-refractivity contribution >= 4 is 35.4 Å². The lowest BCUT2D eigenvalue weighted by Crippen LogP contribution is -2.13. The normalized spacial score (nSPS) is 11.3. The van der Waals surface area contributed by atoms with Crippen LogP contribution in [-0.4, -0.2) is 43.9 Å². The van der Waals surface area contributed by atoms with E-state index in [4.69, 9.17) is 30.4 Å². The molecule has 0 aliphatic heterocycles. The average molecular weight is 629 g/mol. The van der Waals surface area contributed by atoms with Crippen molar-refractivity contribution in [3.63, 3.8) is 0 Å². The van der Waals surface area contributed by atoms with Gasteiger partial charge >= 0.3 is 24.1 Å². The molecule has 12 heteroatoms. The number of anilines is 2. The second kappa shape index (κ2) is 17.3. The summed E-state index contributed by atoms with van der Waals surface area (Å²) in [6.45, 7) is 0.0590. The molecule has 0 unspecified atom stereocenters. The summed E-state index contributed by atoms with van der Waals surface area (Å²) < 4.78 is 57.5. The quantitative estimate of drug-likeness (QED) is 0.0578. The Morgan fingerprint density at radius 2 is 1.24 bits per heavy atom. The zero-order valence-corrected chi connectivity index (χ0v) is 24.5. The van der Waals surface area contributed by atoms with E-state index in [-0.39, 0.29) is 23.7 Å². The van der Waals surface area contributed by atoms with Gasteiger partial charge in [-0.05, 0) is 79.1 Å². The van der Waals surface area contributed by atoms with Gasteiger partial charge in [-0.2, -0.15) is 13.2 Å². The Bertz CT molecular complexity index is 1420. The highest BCUT2D eigenvalue weighted by Crippen LogP contribution is 2.21. The number of esters is 3. The molecule has 0 saturated carbocycles. The van der Waals surface area contributed by atoms with Gasteiger partial charge < -0.3 is 30.4 Å². The molecule has 3 rings (SSSR count). The van der Waals surface area contributed by atoms with Crippen molar-refractivity contribution < 1.29 is 46.5 Å². The van der Waals surface area contributed by atoms with Gasteiger partial charge in [0.15, 0.2) is 0 Å². The first-order valence-corrected chi connectivity index (χ1v) is 14.3. The van der Waals surface area contributed by atoms with Crippen LogP contribution in [0.25, 0.3) is 6.08 Å². The van der Waals surface area contributed by atoms with E-state index in [2.05, 4.69) is 0 Å². The summed E-state index contributed by atoms with van der Waals surface area (Å²) in [5, 5.41) is 0. The molecule has 0 aromatic heterocycles. The number of unbranched alkanes of at least 4 members (excludes halogenated alkanes) is 4. The summed E-state index contributed by atoms with van der Waals surface area (Å²) in [5.41, 5.74) is 13.4. The first kappa shape index (κ1) is 34.5. The highest BCUT2D eigenvalue weighted by Gasteiger charge is 2.26. The number of hydrogen-bond acceptors (Lipinski definition) is 9. The number of rotatable bonds is 16. The van der Waals surface area contributed by atoms with E-state index >= 15 is 0 Å². The van der Waals surface area contributed by atoms with Gasteiger partial charge in [0, 0.05) is 17.5 Å². The van der Waals surface area contributed by atoms with Gasteiger partial charge in [0.2, 0.25) is 0 Å². The predicted molar refractivity (Wildman–Crippen MR) is 163 cm³/mol. The topological polar surface area (TPSA) is 140 Å². The smallest absolute Gasteiger partial charge is 0.392 e. The minimum absolute atomic E-state index is 0.201.